The second kappa shape index (κ2) is 13.1. The number of hydrogen-bond acceptors (Lipinski definition) is 3. The lowest BCUT2D eigenvalue weighted by Crippen LogP contribution is -2.31. The predicted octanol–water partition coefficient (Wildman–Crippen LogP) is 14.4. The first-order chi connectivity index (χ1) is 29.4. The van der Waals surface area contributed by atoms with Crippen LogP contribution in [0.5, 0.6) is 0 Å². The third kappa shape index (κ3) is 5.10. The first-order valence-electron chi connectivity index (χ1n) is 20.9. The minimum absolute atomic E-state index is 0.0665. The summed E-state index contributed by atoms with van der Waals surface area (Å²) in [6.45, 7) is 7.06. The number of rotatable bonds is 4. The molecule has 0 saturated carbocycles. The Morgan fingerprint density at radius 3 is 1.95 bits per heavy atom. The summed E-state index contributed by atoms with van der Waals surface area (Å²) >= 11 is 0. The second-order valence-electron chi connectivity index (χ2n) is 16.9. The number of nitrogens with zero attached hydrogens (tertiary/aromatic N) is 3. The van der Waals surface area contributed by atoms with Gasteiger partial charge in [0.05, 0.1) is 17.1 Å². The highest BCUT2D eigenvalue weighted by molar-refractivity contribution is 6.20. The molecule has 3 heterocycles. The molecular weight excluding hydrogens is 731 g/mol. The van der Waals surface area contributed by atoms with Gasteiger partial charge in [-0.2, -0.15) is 0 Å². The Hall–Kier alpha value is -7.30. The Labute approximate surface area is 348 Å². The van der Waals surface area contributed by atoms with Gasteiger partial charge in [0, 0.05) is 38.4 Å². The van der Waals surface area contributed by atoms with Gasteiger partial charge < -0.3 is 4.42 Å². The molecular formula is C56H41N3O. The van der Waals surface area contributed by atoms with Crippen molar-refractivity contribution in [1.29, 1.82) is 0 Å². The zero-order valence-corrected chi connectivity index (χ0v) is 33.7. The molecule has 10 aromatic rings. The van der Waals surface area contributed by atoms with Crippen LogP contribution in [-0.4, -0.2) is 16.2 Å². The highest BCUT2D eigenvalue weighted by Gasteiger charge is 2.40. The maximum atomic E-state index is 6.30. The highest BCUT2D eigenvalue weighted by Crippen LogP contribution is 2.53. The van der Waals surface area contributed by atoms with Gasteiger partial charge >= 0.3 is 0 Å². The Morgan fingerprint density at radius 1 is 0.517 bits per heavy atom. The number of amidine groups is 1. The Morgan fingerprint density at radius 2 is 1.15 bits per heavy atom. The summed E-state index contributed by atoms with van der Waals surface area (Å²) in [4.78, 5) is 11.2. The molecule has 0 bridgehead atoms. The molecule has 0 saturated heterocycles. The van der Waals surface area contributed by atoms with Crippen molar-refractivity contribution in [3.8, 4) is 33.4 Å². The number of aliphatic imine (C=N–C) groups is 2. The normalized spacial score (nSPS) is 16.9. The molecule has 12 rings (SSSR count). The largest absolute Gasteiger partial charge is 0.456 e. The first kappa shape index (κ1) is 34.7. The van der Waals surface area contributed by atoms with E-state index < -0.39 is 0 Å². The van der Waals surface area contributed by atoms with E-state index in [1.165, 1.54) is 55.2 Å². The van der Waals surface area contributed by atoms with Crippen LogP contribution in [0.1, 0.15) is 49.1 Å². The van der Waals surface area contributed by atoms with Crippen molar-refractivity contribution >= 4 is 55.4 Å². The summed E-state index contributed by atoms with van der Waals surface area (Å²) in [5.74, 6) is 1.66. The number of aromatic nitrogens is 1. The maximum absolute atomic E-state index is 6.30. The van der Waals surface area contributed by atoms with Crippen LogP contribution >= 0.6 is 0 Å². The van der Waals surface area contributed by atoms with Gasteiger partial charge in [0.2, 0.25) is 0 Å². The number of para-hydroxylation sites is 2. The van der Waals surface area contributed by atoms with E-state index in [0.29, 0.717) is 0 Å². The van der Waals surface area contributed by atoms with E-state index in [9.17, 15) is 0 Å². The van der Waals surface area contributed by atoms with Crippen LogP contribution in [0, 0.1) is 5.92 Å². The zero-order chi connectivity index (χ0) is 40.1. The quantitative estimate of drug-likeness (QED) is 0.176. The van der Waals surface area contributed by atoms with Gasteiger partial charge in [-0.1, -0.05) is 178 Å². The molecule has 1 unspecified atom stereocenters. The van der Waals surface area contributed by atoms with Gasteiger partial charge in [-0.25, -0.2) is 4.99 Å². The first-order valence-corrected chi connectivity index (χ1v) is 20.9. The molecule has 1 aliphatic heterocycles. The fraction of sp³-hybridized carbons (Fsp3) is 0.107. The number of hydrogen-bond donors (Lipinski definition) is 0. The van der Waals surface area contributed by atoms with Gasteiger partial charge in [-0.15, -0.1) is 0 Å². The van der Waals surface area contributed by atoms with E-state index in [1.807, 2.05) is 12.1 Å². The Balaban J connectivity index is 1.08. The van der Waals surface area contributed by atoms with Gasteiger partial charge in [-0.05, 0) is 74.3 Å². The van der Waals surface area contributed by atoms with E-state index in [0.717, 1.165) is 55.8 Å². The van der Waals surface area contributed by atoms with Crippen LogP contribution in [0.25, 0.3) is 77.1 Å². The molecule has 8 aromatic carbocycles. The fourth-order valence-electron chi connectivity index (χ4n) is 10.3. The van der Waals surface area contributed by atoms with Crippen molar-refractivity contribution in [1.82, 2.24) is 4.57 Å². The molecule has 60 heavy (non-hydrogen) atoms. The smallest absolute Gasteiger partial charge is 0.157 e. The molecule has 2 aromatic heterocycles. The molecule has 4 nitrogen and oxygen atoms in total. The van der Waals surface area contributed by atoms with Crippen molar-refractivity contribution in [3.05, 3.63) is 204 Å². The van der Waals surface area contributed by atoms with Gasteiger partial charge in [0.1, 0.15) is 17.0 Å². The van der Waals surface area contributed by atoms with Crippen LogP contribution in [0.4, 0.5) is 0 Å². The summed E-state index contributed by atoms with van der Waals surface area (Å²) in [6.07, 6.45) is 0. The third-order valence-electron chi connectivity index (χ3n) is 13.2. The number of benzene rings is 8. The second-order valence-corrected chi connectivity index (χ2v) is 16.9. The van der Waals surface area contributed by atoms with E-state index in [2.05, 4.69) is 195 Å². The van der Waals surface area contributed by atoms with Crippen molar-refractivity contribution in [3.63, 3.8) is 0 Å². The number of fused-ring (bicyclic) bond motifs is 10. The monoisotopic (exact) mass is 771 g/mol. The summed E-state index contributed by atoms with van der Waals surface area (Å²) in [5, 5.41) is 4.69. The van der Waals surface area contributed by atoms with Crippen LogP contribution in [0.2, 0.25) is 0 Å². The minimum atomic E-state index is -0.217. The number of furan rings is 1. The lowest BCUT2D eigenvalue weighted by molar-refractivity contribution is 0.580. The molecule has 286 valence electrons. The van der Waals surface area contributed by atoms with Crippen LogP contribution in [0.3, 0.4) is 0 Å². The van der Waals surface area contributed by atoms with Crippen molar-refractivity contribution < 1.29 is 4.42 Å². The average Bonchev–Trinajstić information content (AvgIpc) is 3.92. The molecule has 2 atom stereocenters. The molecule has 0 radical (unpaired) electrons. The molecule has 0 fully saturated rings. The predicted molar refractivity (Wildman–Crippen MR) is 249 cm³/mol. The van der Waals surface area contributed by atoms with Crippen LogP contribution < -0.4 is 0 Å². The molecule has 1 aliphatic carbocycles. The van der Waals surface area contributed by atoms with E-state index in [-0.39, 0.29) is 17.4 Å². The molecule has 0 amide bonds. The van der Waals surface area contributed by atoms with E-state index in [4.69, 9.17) is 14.4 Å². The van der Waals surface area contributed by atoms with Gasteiger partial charge in [0.25, 0.3) is 0 Å². The molecule has 2 aliphatic rings. The maximum Gasteiger partial charge on any atom is 0.157 e. The summed E-state index contributed by atoms with van der Waals surface area (Å²) in [6, 6.07) is 65.2. The summed E-state index contributed by atoms with van der Waals surface area (Å²) in [5.41, 5.74) is 16.1. The fourth-order valence-corrected chi connectivity index (χ4v) is 10.3. The van der Waals surface area contributed by atoms with Crippen LogP contribution in [-0.2, 0) is 5.41 Å². The summed E-state index contributed by atoms with van der Waals surface area (Å²) < 4.78 is 8.78. The standard InChI is InChI=1S/C56H41N3O/c1-34-52(38-29-32-50-46(33-38)43-21-11-14-24-49(43)60-50)57-54(37-27-25-36(26-28-37)40-18-8-7-17-39(40)35-15-5-4-6-16-35)58-55(34)59-48-23-13-10-20-42(48)45-31-30-44-41-19-9-12-22-47(41)56(2,3)51(44)53(45)59/h4-34,52H,1-3H3/t34-,52?/m0/s1. The lowest BCUT2D eigenvalue weighted by atomic mass is 9.81. The summed E-state index contributed by atoms with van der Waals surface area (Å²) in [7, 11) is 0. The molecule has 0 spiro atoms. The van der Waals surface area contributed by atoms with E-state index in [1.54, 1.807) is 0 Å². The third-order valence-corrected chi connectivity index (χ3v) is 13.2. The minimum Gasteiger partial charge on any atom is -0.456 e. The van der Waals surface area contributed by atoms with Crippen molar-refractivity contribution in [2.24, 2.45) is 15.9 Å². The zero-order valence-electron chi connectivity index (χ0n) is 33.7. The van der Waals surface area contributed by atoms with Gasteiger partial charge in [-0.3, -0.25) is 9.56 Å². The van der Waals surface area contributed by atoms with Gasteiger partial charge in [0.15, 0.2) is 5.84 Å². The molecule has 0 N–H and O–H groups in total. The Kier molecular flexibility index (Phi) is 7.58. The molecule has 4 heteroatoms. The van der Waals surface area contributed by atoms with Crippen molar-refractivity contribution in [2.45, 2.75) is 32.2 Å². The van der Waals surface area contributed by atoms with Crippen molar-refractivity contribution in [2.75, 3.05) is 0 Å². The van der Waals surface area contributed by atoms with Crippen LogP contribution in [0.15, 0.2) is 196 Å². The SMILES string of the molecule is C[C@@H]1C(n2c3ccccc3c3ccc4c(c32)C(C)(C)c2ccccc2-4)=NC(c2ccc(-c3ccccc3-c3ccccc3)cc2)=NC1c1ccc2oc3ccccc3c2c1. The topological polar surface area (TPSA) is 42.8 Å². The average molecular weight is 772 g/mol. The van der Waals surface area contributed by atoms with E-state index >= 15 is 0 Å². The Bertz CT molecular complexity index is 3420. The highest BCUT2D eigenvalue weighted by atomic mass is 16.3. The lowest BCUT2D eigenvalue weighted by Gasteiger charge is -2.30.